The Balaban J connectivity index is 1.66. The molecule has 1 aromatic rings. The van der Waals surface area contributed by atoms with Crippen LogP contribution in [0.3, 0.4) is 0 Å². The van der Waals surface area contributed by atoms with Gasteiger partial charge in [-0.2, -0.15) is 0 Å². The molecule has 1 fully saturated rings. The second kappa shape index (κ2) is 11.7. The Bertz CT molecular complexity index is 409. The average molecular weight is 331 g/mol. The van der Waals surface area contributed by atoms with E-state index in [2.05, 4.69) is 54.4 Å². The molecule has 1 atom stereocenters. The van der Waals surface area contributed by atoms with E-state index in [1.54, 1.807) is 0 Å². The molecule has 1 unspecified atom stereocenters. The number of likely N-dealkylation sites (tertiary alicyclic amines) is 1. The Morgan fingerprint density at radius 3 is 2.42 bits per heavy atom. The lowest BCUT2D eigenvalue weighted by Crippen LogP contribution is -2.35. The minimum atomic E-state index is 0.675. The van der Waals surface area contributed by atoms with Crippen molar-refractivity contribution in [2.45, 2.75) is 71.3 Å². The van der Waals surface area contributed by atoms with Gasteiger partial charge >= 0.3 is 0 Å². The van der Waals surface area contributed by atoms with Crippen molar-refractivity contribution in [3.8, 4) is 0 Å². The van der Waals surface area contributed by atoms with Gasteiger partial charge < -0.3 is 10.2 Å². The molecule has 1 N–H and O–H groups in total. The monoisotopic (exact) mass is 330 g/mol. The van der Waals surface area contributed by atoms with Gasteiger partial charge in [-0.15, -0.1) is 0 Å². The number of piperidine rings is 1. The summed E-state index contributed by atoms with van der Waals surface area (Å²) in [6, 6.07) is 11.6. The smallest absolute Gasteiger partial charge is 0.00703 e. The normalized spacial score (nSPS) is 17.3. The highest BCUT2D eigenvalue weighted by molar-refractivity contribution is 5.14. The molecule has 0 aliphatic carbocycles. The molecule has 2 rings (SSSR count). The van der Waals surface area contributed by atoms with E-state index in [0.29, 0.717) is 6.04 Å². The van der Waals surface area contributed by atoms with Crippen molar-refractivity contribution in [1.29, 1.82) is 0 Å². The maximum atomic E-state index is 3.86. The van der Waals surface area contributed by atoms with Crippen molar-refractivity contribution >= 4 is 0 Å². The zero-order valence-electron chi connectivity index (χ0n) is 16.0. The second-order valence-corrected chi connectivity index (χ2v) is 7.90. The Morgan fingerprint density at radius 1 is 0.958 bits per heavy atom. The Hall–Kier alpha value is -0.860. The number of hydrogen-bond acceptors (Lipinski definition) is 2. The predicted molar refractivity (Wildman–Crippen MR) is 106 cm³/mol. The molecule has 1 heterocycles. The molecule has 0 bridgehead atoms. The molecule has 1 aromatic carbocycles. The van der Waals surface area contributed by atoms with Crippen LogP contribution < -0.4 is 5.32 Å². The van der Waals surface area contributed by atoms with Crippen LogP contribution in [0.5, 0.6) is 0 Å². The first-order valence-electron chi connectivity index (χ1n) is 10.2. The lowest BCUT2D eigenvalue weighted by Gasteiger charge is -2.27. The van der Waals surface area contributed by atoms with Gasteiger partial charge in [0.15, 0.2) is 0 Å². The van der Waals surface area contributed by atoms with Crippen LogP contribution in [0.1, 0.15) is 64.4 Å². The van der Waals surface area contributed by atoms with Gasteiger partial charge in [0.25, 0.3) is 0 Å². The maximum absolute atomic E-state index is 3.86. The van der Waals surface area contributed by atoms with E-state index in [9.17, 15) is 0 Å². The zero-order chi connectivity index (χ0) is 17.0. The highest BCUT2D eigenvalue weighted by Crippen LogP contribution is 2.13. The molecule has 0 saturated carbocycles. The summed E-state index contributed by atoms with van der Waals surface area (Å²) in [4.78, 5) is 2.65. The minimum absolute atomic E-state index is 0.675. The lowest BCUT2D eigenvalue weighted by atomic mass is 9.98. The molecule has 1 aliphatic heterocycles. The Kier molecular flexibility index (Phi) is 9.45. The number of nitrogens with one attached hydrogen (secondary N) is 1. The minimum Gasteiger partial charge on any atom is -0.314 e. The molecule has 1 aliphatic rings. The fraction of sp³-hybridized carbons (Fsp3) is 0.727. The van der Waals surface area contributed by atoms with Crippen molar-refractivity contribution < 1.29 is 0 Å². The van der Waals surface area contributed by atoms with Gasteiger partial charge in [-0.05, 0) is 82.6 Å². The van der Waals surface area contributed by atoms with Gasteiger partial charge in [0.1, 0.15) is 0 Å². The summed E-state index contributed by atoms with van der Waals surface area (Å²) < 4.78 is 0. The van der Waals surface area contributed by atoms with E-state index < -0.39 is 0 Å². The Morgan fingerprint density at radius 2 is 1.71 bits per heavy atom. The molecule has 0 spiro atoms. The van der Waals surface area contributed by atoms with Crippen molar-refractivity contribution in [3.63, 3.8) is 0 Å². The van der Waals surface area contributed by atoms with Crippen LogP contribution in [0, 0.1) is 5.92 Å². The van der Waals surface area contributed by atoms with E-state index in [1.165, 1.54) is 83.1 Å². The summed E-state index contributed by atoms with van der Waals surface area (Å²) in [6.07, 6.45) is 10.6. The van der Waals surface area contributed by atoms with Crippen LogP contribution >= 0.6 is 0 Å². The summed E-state index contributed by atoms with van der Waals surface area (Å²) in [7, 11) is 0. The van der Waals surface area contributed by atoms with E-state index in [0.717, 1.165) is 5.92 Å². The average Bonchev–Trinajstić information content (AvgIpc) is 2.62. The van der Waals surface area contributed by atoms with Crippen LogP contribution in [0.4, 0.5) is 0 Å². The first kappa shape index (κ1) is 19.5. The number of nitrogens with zero attached hydrogens (tertiary/aromatic N) is 1. The highest BCUT2D eigenvalue weighted by Gasteiger charge is 2.11. The third-order valence-electron chi connectivity index (χ3n) is 5.25. The predicted octanol–water partition coefficient (Wildman–Crippen LogP) is 4.89. The summed E-state index contributed by atoms with van der Waals surface area (Å²) in [5.74, 6) is 0.805. The third-order valence-corrected chi connectivity index (χ3v) is 5.25. The van der Waals surface area contributed by atoms with Gasteiger partial charge in [0.2, 0.25) is 0 Å². The maximum Gasteiger partial charge on any atom is 0.00703 e. The first-order chi connectivity index (χ1) is 11.7. The molecule has 0 aromatic heterocycles. The van der Waals surface area contributed by atoms with Gasteiger partial charge in [-0.1, -0.05) is 50.6 Å². The molecule has 0 amide bonds. The van der Waals surface area contributed by atoms with Crippen LogP contribution in [0.2, 0.25) is 0 Å². The van der Waals surface area contributed by atoms with Crippen LogP contribution in [-0.4, -0.2) is 37.1 Å². The standard InChI is InChI=1S/C22H38N2/c1-20(2)12-14-22(15-13-21-10-5-3-6-11-21)23-16-9-19-24-17-7-4-8-18-24/h3,5-6,10-11,20,22-23H,4,7-9,12-19H2,1-2H3. The zero-order valence-corrected chi connectivity index (χ0v) is 16.0. The third kappa shape index (κ3) is 8.30. The fourth-order valence-electron chi connectivity index (χ4n) is 3.66. The summed E-state index contributed by atoms with van der Waals surface area (Å²) in [6.45, 7) is 9.78. The molecule has 2 heteroatoms. The van der Waals surface area contributed by atoms with Crippen molar-refractivity contribution in [2.75, 3.05) is 26.2 Å². The van der Waals surface area contributed by atoms with Crippen molar-refractivity contribution in [2.24, 2.45) is 5.92 Å². The summed E-state index contributed by atoms with van der Waals surface area (Å²) in [5, 5.41) is 3.86. The molecule has 0 radical (unpaired) electrons. The van der Waals surface area contributed by atoms with Gasteiger partial charge in [0, 0.05) is 6.04 Å². The number of rotatable bonds is 11. The topological polar surface area (TPSA) is 15.3 Å². The SMILES string of the molecule is CC(C)CCC(CCc1ccccc1)NCCCN1CCCCC1. The molecular formula is C22H38N2. The van der Waals surface area contributed by atoms with Crippen molar-refractivity contribution in [1.82, 2.24) is 10.2 Å². The van der Waals surface area contributed by atoms with Crippen LogP contribution in [-0.2, 0) is 6.42 Å². The van der Waals surface area contributed by atoms with E-state index in [1.807, 2.05) is 0 Å². The first-order valence-corrected chi connectivity index (χ1v) is 10.2. The second-order valence-electron chi connectivity index (χ2n) is 7.90. The summed E-state index contributed by atoms with van der Waals surface area (Å²) in [5.41, 5.74) is 1.47. The van der Waals surface area contributed by atoms with Crippen LogP contribution in [0.15, 0.2) is 30.3 Å². The van der Waals surface area contributed by atoms with Gasteiger partial charge in [0.05, 0.1) is 0 Å². The summed E-state index contributed by atoms with van der Waals surface area (Å²) >= 11 is 0. The number of aryl methyl sites for hydroxylation is 1. The molecule has 24 heavy (non-hydrogen) atoms. The number of hydrogen-bond donors (Lipinski definition) is 1. The van der Waals surface area contributed by atoms with Crippen LogP contribution in [0.25, 0.3) is 0 Å². The fourth-order valence-corrected chi connectivity index (χ4v) is 3.66. The van der Waals surface area contributed by atoms with Gasteiger partial charge in [-0.3, -0.25) is 0 Å². The molecular weight excluding hydrogens is 292 g/mol. The highest BCUT2D eigenvalue weighted by atomic mass is 15.1. The number of benzene rings is 1. The van der Waals surface area contributed by atoms with E-state index in [-0.39, 0.29) is 0 Å². The van der Waals surface area contributed by atoms with E-state index in [4.69, 9.17) is 0 Å². The van der Waals surface area contributed by atoms with Crippen molar-refractivity contribution in [3.05, 3.63) is 35.9 Å². The quantitative estimate of drug-likeness (QED) is 0.581. The molecule has 1 saturated heterocycles. The Labute approximate surface area is 150 Å². The van der Waals surface area contributed by atoms with Gasteiger partial charge in [-0.25, -0.2) is 0 Å². The van der Waals surface area contributed by atoms with E-state index >= 15 is 0 Å². The largest absolute Gasteiger partial charge is 0.314 e. The lowest BCUT2D eigenvalue weighted by molar-refractivity contribution is 0.224. The molecule has 2 nitrogen and oxygen atoms in total. The molecule has 136 valence electrons.